The van der Waals surface area contributed by atoms with Gasteiger partial charge in [0.25, 0.3) is 0 Å². The summed E-state index contributed by atoms with van der Waals surface area (Å²) in [6, 6.07) is -3.47. The summed E-state index contributed by atoms with van der Waals surface area (Å²) in [4.78, 5) is 61.4. The second kappa shape index (κ2) is 11.9. The van der Waals surface area contributed by atoms with Crippen molar-refractivity contribution >= 4 is 29.5 Å². The van der Waals surface area contributed by atoms with Crippen molar-refractivity contribution < 1.29 is 33.8 Å². The number of nitrogens with two attached hydrogens (primary N) is 1. The smallest absolute Gasteiger partial charge is 0.325 e. The molecule has 32 heavy (non-hydrogen) atoms. The van der Waals surface area contributed by atoms with E-state index < -0.39 is 42.0 Å². The molecule has 2 aliphatic heterocycles. The highest BCUT2D eigenvalue weighted by molar-refractivity contribution is 5.94. The van der Waals surface area contributed by atoms with Crippen molar-refractivity contribution in [3.05, 3.63) is 0 Å². The first-order chi connectivity index (χ1) is 15.1. The molecule has 0 aromatic carbocycles. The van der Waals surface area contributed by atoms with Crippen LogP contribution in [0, 0.1) is 0 Å². The normalized spacial score (nSPS) is 22.5. The molecule has 5 N–H and O–H groups in total. The molecule has 0 bridgehead atoms. The number of epoxide rings is 1. The largest absolute Gasteiger partial charge is 0.480 e. The number of amides is 3. The van der Waals surface area contributed by atoms with Gasteiger partial charge in [-0.25, -0.2) is 0 Å². The Kier molecular flexibility index (Phi) is 9.58. The van der Waals surface area contributed by atoms with Crippen LogP contribution in [-0.2, 0) is 28.7 Å². The second-order valence-electron chi connectivity index (χ2n) is 8.48. The fraction of sp³-hybridized carbons (Fsp3) is 0.762. The van der Waals surface area contributed by atoms with Crippen LogP contribution >= 0.6 is 0 Å². The number of ketones is 1. The minimum absolute atomic E-state index is 0.122. The van der Waals surface area contributed by atoms with E-state index in [4.69, 9.17) is 15.6 Å². The van der Waals surface area contributed by atoms with Crippen LogP contribution in [0.2, 0.25) is 0 Å². The van der Waals surface area contributed by atoms with Gasteiger partial charge in [0.1, 0.15) is 24.2 Å². The van der Waals surface area contributed by atoms with Crippen LogP contribution in [0.4, 0.5) is 0 Å². The first kappa shape index (κ1) is 25.7. The molecule has 11 nitrogen and oxygen atoms in total. The van der Waals surface area contributed by atoms with Gasteiger partial charge in [-0.15, -0.1) is 0 Å². The van der Waals surface area contributed by atoms with Gasteiger partial charge in [-0.1, -0.05) is 12.8 Å². The molecular weight excluding hydrogens is 420 g/mol. The quantitative estimate of drug-likeness (QED) is 0.209. The average Bonchev–Trinajstić information content (AvgIpc) is 3.48. The third kappa shape index (κ3) is 7.56. The molecule has 0 aromatic rings. The Morgan fingerprint density at radius 2 is 1.78 bits per heavy atom. The van der Waals surface area contributed by atoms with E-state index >= 15 is 0 Å². The molecule has 2 saturated heterocycles. The Bertz CT molecular complexity index is 725. The molecule has 2 unspecified atom stereocenters. The maximum Gasteiger partial charge on any atom is 0.325 e. The summed E-state index contributed by atoms with van der Waals surface area (Å²) in [5.41, 5.74) is 6.06. The molecule has 2 fully saturated rings. The average molecular weight is 455 g/mol. The summed E-state index contributed by atoms with van der Waals surface area (Å²) in [6.07, 6.45) is 4.05. The van der Waals surface area contributed by atoms with Gasteiger partial charge in [-0.05, 0) is 39.5 Å². The van der Waals surface area contributed by atoms with E-state index in [0.717, 1.165) is 12.8 Å². The Hall–Kier alpha value is -2.53. The van der Waals surface area contributed by atoms with Crippen LogP contribution in [0.5, 0.6) is 0 Å². The summed E-state index contributed by atoms with van der Waals surface area (Å²) in [7, 11) is 0. The third-order valence-corrected chi connectivity index (χ3v) is 5.77. The summed E-state index contributed by atoms with van der Waals surface area (Å²) in [5, 5.41) is 13.7. The monoisotopic (exact) mass is 454 g/mol. The van der Waals surface area contributed by atoms with Gasteiger partial charge >= 0.3 is 5.97 Å². The molecule has 0 saturated carbocycles. The standard InChI is InChI=1S/C21H34N4O7/c1-12(18(27)24-13(2)21(30)31)23-19(28)15-8-6-10-25(15)20(29)14(22)7-4-3-5-9-16(26)17-11-32-17/h12-15,17H,3-11,22H2,1-2H3,(H,23,28)(H,24,27)(H,30,31)/t12-,13+,14?,15+,17?/m0/s1. The van der Waals surface area contributed by atoms with Crippen LogP contribution in [0.15, 0.2) is 0 Å². The van der Waals surface area contributed by atoms with E-state index in [1.54, 1.807) is 0 Å². The number of aliphatic carboxylic acids is 1. The molecule has 5 atom stereocenters. The lowest BCUT2D eigenvalue weighted by Crippen LogP contribution is -2.55. The first-order valence-corrected chi connectivity index (χ1v) is 11.2. The van der Waals surface area contributed by atoms with E-state index in [2.05, 4.69) is 10.6 Å². The molecule has 11 heteroatoms. The van der Waals surface area contributed by atoms with E-state index in [1.807, 2.05) is 0 Å². The first-order valence-electron chi connectivity index (χ1n) is 11.2. The van der Waals surface area contributed by atoms with Gasteiger partial charge in [0.15, 0.2) is 5.78 Å². The number of carbonyl (C=O) groups is 5. The minimum atomic E-state index is -1.18. The summed E-state index contributed by atoms with van der Waals surface area (Å²) in [6.45, 7) is 3.71. The summed E-state index contributed by atoms with van der Waals surface area (Å²) < 4.78 is 4.95. The van der Waals surface area contributed by atoms with Gasteiger partial charge in [-0.3, -0.25) is 24.0 Å². The number of ether oxygens (including phenoxy) is 1. The van der Waals surface area contributed by atoms with E-state index in [-0.39, 0.29) is 17.8 Å². The van der Waals surface area contributed by atoms with Gasteiger partial charge in [0, 0.05) is 13.0 Å². The second-order valence-corrected chi connectivity index (χ2v) is 8.48. The van der Waals surface area contributed by atoms with Gasteiger partial charge in [0.2, 0.25) is 17.7 Å². The number of nitrogens with zero attached hydrogens (tertiary/aromatic N) is 1. The van der Waals surface area contributed by atoms with E-state index in [9.17, 15) is 24.0 Å². The lowest BCUT2D eigenvalue weighted by atomic mass is 10.0. The fourth-order valence-electron chi connectivity index (χ4n) is 3.65. The molecule has 2 aliphatic rings. The highest BCUT2D eigenvalue weighted by Crippen LogP contribution is 2.20. The molecule has 2 rings (SSSR count). The number of hydrogen-bond acceptors (Lipinski definition) is 7. The third-order valence-electron chi connectivity index (χ3n) is 5.77. The van der Waals surface area contributed by atoms with Crippen molar-refractivity contribution in [1.82, 2.24) is 15.5 Å². The topological polar surface area (TPSA) is 171 Å². The highest BCUT2D eigenvalue weighted by Gasteiger charge is 2.37. The van der Waals surface area contributed by atoms with Gasteiger partial charge in [-0.2, -0.15) is 0 Å². The predicted octanol–water partition coefficient (Wildman–Crippen LogP) is -0.683. The number of likely N-dealkylation sites (tertiary alicyclic amines) is 1. The zero-order valence-electron chi connectivity index (χ0n) is 18.7. The summed E-state index contributed by atoms with van der Waals surface area (Å²) in [5.74, 6) is -2.44. The van der Waals surface area contributed by atoms with E-state index in [0.29, 0.717) is 45.3 Å². The highest BCUT2D eigenvalue weighted by atomic mass is 16.6. The Morgan fingerprint density at radius 3 is 2.41 bits per heavy atom. The number of Topliss-reactive ketones (excluding diaryl/α,β-unsaturated/α-hetero) is 1. The van der Waals surface area contributed by atoms with Crippen LogP contribution in [0.3, 0.4) is 0 Å². The molecule has 180 valence electrons. The number of carboxylic acids is 1. The van der Waals surface area contributed by atoms with Crippen molar-refractivity contribution in [2.75, 3.05) is 13.2 Å². The van der Waals surface area contributed by atoms with Crippen molar-refractivity contribution in [2.24, 2.45) is 5.73 Å². The summed E-state index contributed by atoms with van der Waals surface area (Å²) >= 11 is 0. The lowest BCUT2D eigenvalue weighted by molar-refractivity contribution is -0.142. The number of hydrogen-bond donors (Lipinski definition) is 4. The van der Waals surface area contributed by atoms with Crippen LogP contribution in [-0.4, -0.2) is 82.9 Å². The molecule has 0 aromatic heterocycles. The van der Waals surface area contributed by atoms with Gasteiger partial charge in [0.05, 0.1) is 12.6 Å². The molecule has 0 radical (unpaired) electrons. The Balaban J connectivity index is 1.75. The van der Waals surface area contributed by atoms with Crippen LogP contribution < -0.4 is 16.4 Å². The number of unbranched alkanes of at least 4 members (excludes halogenated alkanes) is 2. The minimum Gasteiger partial charge on any atom is -0.480 e. The van der Waals surface area contributed by atoms with Crippen LogP contribution in [0.25, 0.3) is 0 Å². The predicted molar refractivity (Wildman–Crippen MR) is 113 cm³/mol. The maximum atomic E-state index is 12.8. The van der Waals surface area contributed by atoms with Gasteiger partial charge < -0.3 is 31.1 Å². The lowest BCUT2D eigenvalue weighted by Gasteiger charge is -2.27. The zero-order valence-corrected chi connectivity index (χ0v) is 18.7. The number of nitrogens with one attached hydrogen (secondary N) is 2. The van der Waals surface area contributed by atoms with Crippen molar-refractivity contribution in [1.29, 1.82) is 0 Å². The molecule has 3 amide bonds. The number of carboxylic acid groups (broad SMARTS) is 1. The van der Waals surface area contributed by atoms with Crippen molar-refractivity contribution in [3.63, 3.8) is 0 Å². The van der Waals surface area contributed by atoms with E-state index in [1.165, 1.54) is 18.7 Å². The van der Waals surface area contributed by atoms with Crippen molar-refractivity contribution in [3.8, 4) is 0 Å². The fourth-order valence-corrected chi connectivity index (χ4v) is 3.65. The van der Waals surface area contributed by atoms with Crippen molar-refractivity contribution in [2.45, 2.75) is 89.1 Å². The Morgan fingerprint density at radius 1 is 1.09 bits per heavy atom. The molecule has 2 heterocycles. The Labute approximate surface area is 187 Å². The molecule has 0 aliphatic carbocycles. The zero-order chi connectivity index (χ0) is 23.8. The van der Waals surface area contributed by atoms with Crippen LogP contribution in [0.1, 0.15) is 58.8 Å². The molecular formula is C21H34N4O7. The SMILES string of the molecule is C[C@H](NC(=O)[C@H]1CCCN1C(=O)C(N)CCCCCC(=O)C1CO1)C(=O)N[C@H](C)C(=O)O. The maximum absolute atomic E-state index is 12.8. The number of rotatable bonds is 13. The molecule has 0 spiro atoms. The number of carbonyl (C=O) groups excluding carboxylic acids is 4.